The van der Waals surface area contributed by atoms with Gasteiger partial charge < -0.3 is 9.84 Å². The number of halogens is 1. The van der Waals surface area contributed by atoms with Gasteiger partial charge in [0.2, 0.25) is 0 Å². The van der Waals surface area contributed by atoms with Crippen LogP contribution in [0.15, 0.2) is 0 Å². The van der Waals surface area contributed by atoms with Crippen LogP contribution in [0.3, 0.4) is 0 Å². The lowest BCUT2D eigenvalue weighted by atomic mass is 10.1. The van der Waals surface area contributed by atoms with Crippen LogP contribution < -0.4 is 0 Å². The maximum Gasteiger partial charge on any atom is 0.323 e. The van der Waals surface area contributed by atoms with Crippen LogP contribution in [0.4, 0.5) is 0 Å². The minimum Gasteiger partial charge on any atom is -0.481 e. The molecule has 0 aliphatic heterocycles. The molecule has 0 radical (unpaired) electrons. The highest BCUT2D eigenvalue weighted by molar-refractivity contribution is 9.10. The Hall–Kier alpha value is -0.230. The predicted molar refractivity (Wildman–Crippen MR) is 91.3 cm³/mol. The molecule has 0 bridgehead atoms. The first-order valence-corrected chi connectivity index (χ1v) is 9.01. The van der Waals surface area contributed by atoms with E-state index in [1.54, 1.807) is 6.92 Å². The van der Waals surface area contributed by atoms with Gasteiger partial charge in [-0.05, 0) is 19.8 Å². The number of ether oxygens (including phenoxy) is 1. The fraction of sp³-hybridized carbons (Fsp3) is 0.867. The van der Waals surface area contributed by atoms with Gasteiger partial charge in [0, 0.05) is 12.2 Å². The fourth-order valence-corrected chi connectivity index (χ4v) is 2.06. The van der Waals surface area contributed by atoms with Crippen LogP contribution in [0, 0.1) is 0 Å². The lowest BCUT2D eigenvalue weighted by Gasteiger charge is -2.17. The van der Waals surface area contributed by atoms with E-state index in [2.05, 4.69) is 28.6 Å². The summed E-state index contributed by atoms with van der Waals surface area (Å²) in [5.74, 6) is -0.550. The highest BCUT2D eigenvalue weighted by Gasteiger charge is 2.29. The lowest BCUT2D eigenvalue weighted by Crippen LogP contribution is -2.32. The number of carbonyl (C=O) groups is 2. The number of rotatable bonds is 13. The maximum atomic E-state index is 11.6. The van der Waals surface area contributed by atoms with Gasteiger partial charge in [-0.2, -0.15) is 12.6 Å². The third-order valence-corrected chi connectivity index (χ3v) is 4.91. The van der Waals surface area contributed by atoms with Crippen LogP contribution in [-0.4, -0.2) is 33.7 Å². The van der Waals surface area contributed by atoms with Gasteiger partial charge in [0.05, 0.1) is 6.61 Å². The summed E-state index contributed by atoms with van der Waals surface area (Å²) in [7, 11) is 0. The molecule has 0 fully saturated rings. The first-order valence-electron chi connectivity index (χ1n) is 7.59. The number of carboxylic acids is 1. The zero-order valence-corrected chi connectivity index (χ0v) is 15.3. The van der Waals surface area contributed by atoms with E-state index in [4.69, 9.17) is 9.84 Å². The second kappa shape index (κ2) is 12.3. The molecule has 0 saturated heterocycles. The van der Waals surface area contributed by atoms with Gasteiger partial charge in [0.25, 0.3) is 0 Å². The minimum atomic E-state index is -0.706. The summed E-state index contributed by atoms with van der Waals surface area (Å²) < 4.78 is 4.50. The third kappa shape index (κ3) is 12.0. The second-order valence-electron chi connectivity index (χ2n) is 5.46. The quantitative estimate of drug-likeness (QED) is 0.216. The molecule has 1 atom stereocenters. The monoisotopic (exact) mass is 382 g/mol. The Morgan fingerprint density at radius 3 is 2.00 bits per heavy atom. The summed E-state index contributed by atoms with van der Waals surface area (Å²) >= 11 is 7.39. The van der Waals surface area contributed by atoms with Gasteiger partial charge in [-0.1, -0.05) is 54.5 Å². The highest BCUT2D eigenvalue weighted by atomic mass is 79.9. The summed E-state index contributed by atoms with van der Waals surface area (Å²) in [5, 5.41) is 8.50. The van der Waals surface area contributed by atoms with Crippen molar-refractivity contribution >= 4 is 40.5 Å². The van der Waals surface area contributed by atoms with Crippen molar-refractivity contribution in [3.8, 4) is 0 Å². The summed E-state index contributed by atoms with van der Waals surface area (Å²) in [6, 6.07) is 0. The Morgan fingerprint density at radius 1 is 1.05 bits per heavy atom. The van der Waals surface area contributed by atoms with Crippen molar-refractivity contribution in [2.45, 2.75) is 69.0 Å². The molecule has 1 N–H and O–H groups in total. The molecule has 0 heterocycles. The number of thiol groups is 1. The number of hydrogen-bond acceptors (Lipinski definition) is 4. The zero-order valence-electron chi connectivity index (χ0n) is 12.8. The van der Waals surface area contributed by atoms with E-state index in [0.717, 1.165) is 51.4 Å². The van der Waals surface area contributed by atoms with Crippen LogP contribution in [0.2, 0.25) is 0 Å². The molecular formula is C15H27BrO4S. The molecule has 1 unspecified atom stereocenters. The molecule has 4 nitrogen and oxygen atoms in total. The molecule has 0 spiro atoms. The van der Waals surface area contributed by atoms with Crippen LogP contribution in [0.5, 0.6) is 0 Å². The van der Waals surface area contributed by atoms with Crippen molar-refractivity contribution in [1.82, 2.24) is 0 Å². The van der Waals surface area contributed by atoms with Crippen molar-refractivity contribution in [3.63, 3.8) is 0 Å². The molecule has 0 aromatic carbocycles. The summed E-state index contributed by atoms with van der Waals surface area (Å²) in [4.78, 5) is 21.9. The normalized spacial score (nSPS) is 13.7. The number of aliphatic carboxylic acids is 1. The van der Waals surface area contributed by atoms with Crippen molar-refractivity contribution in [2.75, 3.05) is 12.4 Å². The minimum absolute atomic E-state index is 0.254. The first-order chi connectivity index (χ1) is 9.90. The number of hydrogen-bond donors (Lipinski definition) is 2. The summed E-state index contributed by atoms with van der Waals surface area (Å²) in [5.41, 5.74) is 0. The molecule has 0 aromatic heterocycles. The Balaban J connectivity index is 3.30. The molecular weight excluding hydrogens is 356 g/mol. The molecule has 0 saturated carbocycles. The van der Waals surface area contributed by atoms with Crippen LogP contribution in [0.25, 0.3) is 0 Å². The number of unbranched alkanes of at least 4 members (excludes halogenated alkanes) is 7. The van der Waals surface area contributed by atoms with Crippen molar-refractivity contribution in [3.05, 3.63) is 0 Å². The van der Waals surface area contributed by atoms with Gasteiger partial charge in [-0.3, -0.25) is 9.59 Å². The smallest absolute Gasteiger partial charge is 0.323 e. The number of carbonyl (C=O) groups excluding carboxylic acids is 1. The maximum absolute atomic E-state index is 11.6. The van der Waals surface area contributed by atoms with Crippen LogP contribution in [-0.2, 0) is 14.3 Å². The molecule has 124 valence electrons. The lowest BCUT2D eigenvalue weighted by molar-refractivity contribution is -0.145. The summed E-state index contributed by atoms with van der Waals surface area (Å²) in [6.07, 6.45) is 8.55. The van der Waals surface area contributed by atoms with E-state index in [1.807, 2.05) is 0 Å². The Kier molecular flexibility index (Phi) is 12.2. The molecule has 0 aliphatic carbocycles. The van der Waals surface area contributed by atoms with E-state index >= 15 is 0 Å². The van der Waals surface area contributed by atoms with Crippen LogP contribution >= 0.6 is 28.6 Å². The van der Waals surface area contributed by atoms with Crippen molar-refractivity contribution in [1.29, 1.82) is 0 Å². The van der Waals surface area contributed by atoms with E-state index < -0.39 is 10.3 Å². The third-order valence-electron chi connectivity index (χ3n) is 3.24. The number of esters is 1. The van der Waals surface area contributed by atoms with Crippen LogP contribution in [0.1, 0.15) is 64.7 Å². The molecule has 0 aromatic rings. The standard InChI is InChI=1S/C15H27BrO4S/c1-15(16,12-21)14(19)20-11-9-7-5-3-2-4-6-8-10-13(17)18/h21H,2-12H2,1H3,(H,17,18). The fourth-order valence-electron chi connectivity index (χ4n) is 1.82. The van der Waals surface area contributed by atoms with Gasteiger partial charge in [0.15, 0.2) is 0 Å². The van der Waals surface area contributed by atoms with Gasteiger partial charge in [-0.15, -0.1) is 0 Å². The van der Waals surface area contributed by atoms with Gasteiger partial charge in [-0.25, -0.2) is 0 Å². The van der Waals surface area contributed by atoms with E-state index in [0.29, 0.717) is 12.4 Å². The summed E-state index contributed by atoms with van der Waals surface area (Å²) in [6.45, 7) is 2.22. The molecule has 21 heavy (non-hydrogen) atoms. The zero-order chi connectivity index (χ0) is 16.1. The van der Waals surface area contributed by atoms with E-state index in [9.17, 15) is 9.59 Å². The second-order valence-corrected chi connectivity index (χ2v) is 7.53. The Morgan fingerprint density at radius 2 is 1.52 bits per heavy atom. The van der Waals surface area contributed by atoms with Gasteiger partial charge in [0.1, 0.15) is 4.32 Å². The molecule has 0 amide bonds. The van der Waals surface area contributed by atoms with E-state index in [-0.39, 0.29) is 12.4 Å². The molecule has 0 aliphatic rings. The Bertz CT molecular complexity index is 308. The molecule has 0 rings (SSSR count). The van der Waals surface area contributed by atoms with E-state index in [1.165, 1.54) is 0 Å². The van der Waals surface area contributed by atoms with Crippen molar-refractivity contribution in [2.24, 2.45) is 0 Å². The topological polar surface area (TPSA) is 63.6 Å². The largest absolute Gasteiger partial charge is 0.481 e. The molecule has 6 heteroatoms. The highest BCUT2D eigenvalue weighted by Crippen LogP contribution is 2.20. The first kappa shape index (κ1) is 20.8. The number of alkyl halides is 1. The van der Waals surface area contributed by atoms with Gasteiger partial charge >= 0.3 is 11.9 Å². The number of carboxylic acid groups (broad SMARTS) is 1. The average molecular weight is 383 g/mol. The van der Waals surface area contributed by atoms with Crippen molar-refractivity contribution < 1.29 is 19.4 Å². The Labute approximate surface area is 141 Å². The SMILES string of the molecule is CC(Br)(CS)C(=O)OCCCCCCCCCCC(=O)O. The predicted octanol–water partition coefficient (Wildman–Crippen LogP) is 4.21. The average Bonchev–Trinajstić information content (AvgIpc) is 2.44.